The lowest BCUT2D eigenvalue weighted by molar-refractivity contribution is 0.482. The predicted octanol–water partition coefficient (Wildman–Crippen LogP) is 24.7. The van der Waals surface area contributed by atoms with Crippen molar-refractivity contribution in [3.63, 3.8) is 0 Å². The van der Waals surface area contributed by atoms with Crippen LogP contribution < -0.4 is 19.3 Å². The van der Waals surface area contributed by atoms with Crippen LogP contribution >= 0.6 is 0 Å². The Bertz CT molecular complexity index is 5150. The summed E-state index contributed by atoms with van der Waals surface area (Å²) < 4.78 is 108. The van der Waals surface area contributed by atoms with E-state index < -0.39 is 45.7 Å². The molecule has 0 spiro atoms. The minimum absolute atomic E-state index is 0.274. The van der Waals surface area contributed by atoms with Crippen molar-refractivity contribution in [3.05, 3.63) is 419 Å². The fourth-order valence-electron chi connectivity index (χ4n) is 14.7. The van der Waals surface area contributed by atoms with Crippen molar-refractivity contribution >= 4 is 46.3 Å². The average Bonchev–Trinajstić information content (AvgIpc) is 1.53. The molecule has 14 aromatic carbocycles. The largest absolute Gasteiger partial charge is 0.457 e. The highest BCUT2D eigenvalue weighted by Crippen LogP contribution is 2.60. The van der Waals surface area contributed by atoms with Crippen LogP contribution in [0.4, 0.5) is 60.5 Å². The van der Waals surface area contributed by atoms with E-state index in [0.717, 1.165) is 90.0 Å². The standard InChI is InChI=1S/C90H58F6N2O2/c1-3-57-21-41-69(42-22-57)99-71-45-29-61(30-46-71)89(63-33-51-81(91)85(95)53-63)77-15-7-5-13-73(77)75-49-39-67(55-79(75)89)97(87-19-11-9-17-83(87)93)65-35-25-59(26-36-65)60-27-37-66(38-28-60)98(88-20-12-10-18-84(88)94)68-40-50-76-74-14-6-8-16-78(74)90(80(76)56-68,64-34-52-82(92)86(96)54-64)62-31-47-72(48-32-62)100-70-43-23-58(4-2)24-44-70/h3-56H,1-2H2. The summed E-state index contributed by atoms with van der Waals surface area (Å²) in [7, 11) is 0. The third kappa shape index (κ3) is 10.6. The van der Waals surface area contributed by atoms with E-state index >= 15 is 26.3 Å². The molecule has 4 nitrogen and oxygen atoms in total. The predicted molar refractivity (Wildman–Crippen MR) is 389 cm³/mol. The van der Waals surface area contributed by atoms with Crippen LogP contribution in [0.1, 0.15) is 55.6 Å². The van der Waals surface area contributed by atoms with E-state index in [2.05, 4.69) is 13.2 Å². The van der Waals surface area contributed by atoms with Gasteiger partial charge in [0.1, 0.15) is 34.6 Å². The number of halogens is 6. The first-order chi connectivity index (χ1) is 48.9. The molecule has 0 aromatic heterocycles. The molecule has 482 valence electrons. The van der Waals surface area contributed by atoms with Crippen LogP contribution in [-0.4, -0.2) is 0 Å². The highest BCUT2D eigenvalue weighted by molar-refractivity contribution is 5.92. The molecule has 0 saturated heterocycles. The summed E-state index contributed by atoms with van der Waals surface area (Å²) in [5.41, 5.74) is 13.4. The Labute approximate surface area is 575 Å². The average molecular weight is 1310 g/mol. The Kier molecular flexibility index (Phi) is 15.8. The van der Waals surface area contributed by atoms with Gasteiger partial charge < -0.3 is 19.3 Å². The van der Waals surface area contributed by atoms with Crippen LogP contribution in [0.25, 0.3) is 45.5 Å². The minimum Gasteiger partial charge on any atom is -0.457 e. The van der Waals surface area contributed by atoms with E-state index in [-0.39, 0.29) is 11.4 Å². The van der Waals surface area contributed by atoms with Crippen molar-refractivity contribution in [2.75, 3.05) is 9.80 Å². The molecule has 0 aliphatic heterocycles. The maximum atomic E-state index is 16.7. The molecule has 2 aliphatic rings. The summed E-state index contributed by atoms with van der Waals surface area (Å²) >= 11 is 0. The van der Waals surface area contributed by atoms with E-state index in [1.807, 2.05) is 240 Å². The number of fused-ring (bicyclic) bond motifs is 6. The molecular formula is C90H58F6N2O2. The Morgan fingerprint density at radius 2 is 0.580 bits per heavy atom. The monoisotopic (exact) mass is 1310 g/mol. The van der Waals surface area contributed by atoms with Gasteiger partial charge >= 0.3 is 0 Å². The molecule has 0 bridgehead atoms. The van der Waals surface area contributed by atoms with Gasteiger partial charge in [0.2, 0.25) is 0 Å². The van der Waals surface area contributed by atoms with Gasteiger partial charge in [-0.3, -0.25) is 0 Å². The lowest BCUT2D eigenvalue weighted by Crippen LogP contribution is -2.29. The molecule has 2 aliphatic carbocycles. The van der Waals surface area contributed by atoms with Gasteiger partial charge in [-0.2, -0.15) is 0 Å². The van der Waals surface area contributed by atoms with Gasteiger partial charge in [0.15, 0.2) is 23.3 Å². The van der Waals surface area contributed by atoms with E-state index in [1.165, 1.54) is 24.3 Å². The SMILES string of the molecule is C=Cc1ccc(Oc2ccc(C3(c4ccc(F)c(F)c4)c4ccccc4-c4ccc(N(c5ccc(-c6ccc(N(c7ccc8c(c7)C(c7ccc(Oc9ccc(C=C)cc9)cc7)(c7ccc(F)c(F)c7)c7ccccc7-8)c7ccccc7F)cc6)cc5)c5ccccc5F)cc43)cc2)cc1. The number of hydrogen-bond donors (Lipinski definition) is 0. The second-order valence-electron chi connectivity index (χ2n) is 24.8. The van der Waals surface area contributed by atoms with Crippen LogP contribution in [0, 0.1) is 34.9 Å². The molecule has 10 heteroatoms. The van der Waals surface area contributed by atoms with E-state index in [9.17, 15) is 0 Å². The first kappa shape index (κ1) is 62.2. The highest BCUT2D eigenvalue weighted by Gasteiger charge is 2.49. The van der Waals surface area contributed by atoms with Gasteiger partial charge in [-0.15, -0.1) is 0 Å². The molecule has 2 unspecified atom stereocenters. The summed E-state index contributed by atoms with van der Waals surface area (Å²) in [5.74, 6) is -2.50. The zero-order valence-electron chi connectivity index (χ0n) is 53.6. The second kappa shape index (κ2) is 25.4. The number of anilines is 6. The molecule has 100 heavy (non-hydrogen) atoms. The van der Waals surface area contributed by atoms with Gasteiger partial charge in [-0.1, -0.05) is 195 Å². The number of benzene rings is 14. The molecule has 16 rings (SSSR count). The lowest BCUT2D eigenvalue weighted by Gasteiger charge is -2.35. The topological polar surface area (TPSA) is 24.9 Å². The maximum Gasteiger partial charge on any atom is 0.159 e. The Morgan fingerprint density at radius 1 is 0.260 bits per heavy atom. The number of hydrogen-bond acceptors (Lipinski definition) is 4. The highest BCUT2D eigenvalue weighted by atomic mass is 19.2. The molecule has 0 amide bonds. The summed E-state index contributed by atoms with van der Waals surface area (Å²) in [5, 5.41) is 0. The first-order valence-electron chi connectivity index (χ1n) is 32.6. The zero-order valence-corrected chi connectivity index (χ0v) is 53.6. The van der Waals surface area contributed by atoms with Crippen molar-refractivity contribution in [3.8, 4) is 56.4 Å². The second-order valence-corrected chi connectivity index (χ2v) is 24.8. The van der Waals surface area contributed by atoms with Crippen LogP contribution in [-0.2, 0) is 10.8 Å². The third-order valence-corrected chi connectivity index (χ3v) is 19.3. The van der Waals surface area contributed by atoms with Gasteiger partial charge in [0.05, 0.1) is 22.2 Å². The number of ether oxygens (including phenoxy) is 2. The van der Waals surface area contributed by atoms with Crippen molar-refractivity contribution in [1.82, 2.24) is 0 Å². The molecule has 2 atom stereocenters. The van der Waals surface area contributed by atoms with Crippen LogP contribution in [0.3, 0.4) is 0 Å². The van der Waals surface area contributed by atoms with Crippen LogP contribution in [0.5, 0.6) is 23.0 Å². The lowest BCUT2D eigenvalue weighted by atomic mass is 9.67. The fourth-order valence-corrected chi connectivity index (χ4v) is 14.7. The van der Waals surface area contributed by atoms with Crippen molar-refractivity contribution < 1.29 is 35.8 Å². The van der Waals surface area contributed by atoms with Gasteiger partial charge in [-0.05, 0) is 235 Å². The van der Waals surface area contributed by atoms with E-state index in [0.29, 0.717) is 56.9 Å². The molecular weight excluding hydrogens is 1250 g/mol. The summed E-state index contributed by atoms with van der Waals surface area (Å²) in [6.07, 6.45) is 3.52. The molecule has 0 radical (unpaired) electrons. The number of rotatable bonds is 17. The Balaban J connectivity index is 0.774. The Hall–Kier alpha value is -12.7. The fraction of sp³-hybridized carbons (Fsp3) is 0.0222. The normalized spacial score (nSPS) is 14.7. The van der Waals surface area contributed by atoms with Crippen molar-refractivity contribution in [2.45, 2.75) is 10.8 Å². The smallest absolute Gasteiger partial charge is 0.159 e. The number of para-hydroxylation sites is 2. The van der Waals surface area contributed by atoms with Gasteiger partial charge in [-0.25, -0.2) is 26.3 Å². The summed E-state index contributed by atoms with van der Waals surface area (Å²) in [6, 6.07) is 95.0. The van der Waals surface area contributed by atoms with Gasteiger partial charge in [0, 0.05) is 22.7 Å². The van der Waals surface area contributed by atoms with Crippen LogP contribution in [0.15, 0.2) is 329 Å². The molecule has 0 N–H and O–H groups in total. The molecule has 14 aromatic rings. The third-order valence-electron chi connectivity index (χ3n) is 19.3. The summed E-state index contributed by atoms with van der Waals surface area (Å²) in [6.45, 7) is 7.72. The van der Waals surface area contributed by atoms with E-state index in [4.69, 9.17) is 9.47 Å². The zero-order chi connectivity index (χ0) is 68.2. The molecule has 0 heterocycles. The molecule has 0 saturated carbocycles. The van der Waals surface area contributed by atoms with Crippen molar-refractivity contribution in [1.29, 1.82) is 0 Å². The minimum atomic E-state index is -1.20. The number of nitrogens with zero attached hydrogens (tertiary/aromatic N) is 2. The Morgan fingerprint density at radius 3 is 0.940 bits per heavy atom. The summed E-state index contributed by atoms with van der Waals surface area (Å²) in [4.78, 5) is 3.71. The maximum absolute atomic E-state index is 16.7. The van der Waals surface area contributed by atoms with Crippen molar-refractivity contribution in [2.24, 2.45) is 0 Å². The van der Waals surface area contributed by atoms with Crippen LogP contribution in [0.2, 0.25) is 0 Å². The van der Waals surface area contributed by atoms with E-state index in [1.54, 1.807) is 60.7 Å². The quantitative estimate of drug-likeness (QED) is 0.0849. The molecule has 0 fully saturated rings. The first-order valence-corrected chi connectivity index (χ1v) is 32.6. The van der Waals surface area contributed by atoms with Gasteiger partial charge in [0.25, 0.3) is 0 Å².